The van der Waals surface area contributed by atoms with Gasteiger partial charge in [-0.25, -0.2) is 9.78 Å². The van der Waals surface area contributed by atoms with Crippen LogP contribution in [0.2, 0.25) is 0 Å². The van der Waals surface area contributed by atoms with E-state index in [0.717, 1.165) is 10.8 Å². The minimum absolute atomic E-state index is 0.0796. The van der Waals surface area contributed by atoms with Crippen molar-refractivity contribution in [3.8, 4) is 0 Å². The number of rotatable bonds is 4. The summed E-state index contributed by atoms with van der Waals surface area (Å²) in [5.74, 6) is -1.04. The molecule has 102 valence electrons. The van der Waals surface area contributed by atoms with Gasteiger partial charge in [-0.15, -0.1) is 34.9 Å². The largest absolute Gasteiger partial charge is 0.462 e. The van der Waals surface area contributed by atoms with Gasteiger partial charge in [0.1, 0.15) is 5.57 Å². The second-order valence-electron chi connectivity index (χ2n) is 3.54. The average Bonchev–Trinajstić information content (AvgIpc) is 2.69. The number of ether oxygens (including phenoxy) is 1. The lowest BCUT2D eigenvalue weighted by molar-refractivity contribution is -0.139. The second kappa shape index (κ2) is 6.44. The van der Waals surface area contributed by atoms with E-state index < -0.39 is 11.9 Å². The Bertz CT molecular complexity index is 533. The number of nitrogens with one attached hydrogen (secondary N) is 1. The van der Waals surface area contributed by atoms with Crippen molar-refractivity contribution in [1.82, 2.24) is 4.98 Å². The molecule has 1 aliphatic rings. The van der Waals surface area contributed by atoms with Gasteiger partial charge < -0.3 is 4.74 Å². The van der Waals surface area contributed by atoms with Crippen LogP contribution < -0.4 is 5.32 Å². The van der Waals surface area contributed by atoms with E-state index >= 15 is 0 Å². The third-order valence-corrected chi connectivity index (χ3v) is 5.59. The van der Waals surface area contributed by atoms with E-state index in [-0.39, 0.29) is 12.2 Å². The zero-order valence-electron chi connectivity index (χ0n) is 10.4. The monoisotopic (exact) mass is 316 g/mol. The predicted octanol–water partition coefficient (Wildman–Crippen LogP) is 2.60. The van der Waals surface area contributed by atoms with Gasteiger partial charge >= 0.3 is 5.97 Å². The molecular formula is C11H12N2O3S3. The lowest BCUT2D eigenvalue weighted by atomic mass is 10.3. The topological polar surface area (TPSA) is 68.3 Å². The maximum atomic E-state index is 12.1. The van der Waals surface area contributed by atoms with Gasteiger partial charge in [0.25, 0.3) is 5.91 Å². The number of hydrogen-bond donors (Lipinski definition) is 1. The number of aromatic nitrogens is 1. The Labute approximate surface area is 123 Å². The maximum Gasteiger partial charge on any atom is 0.345 e. The SMILES string of the molecule is CCOC(=O)C(C(=O)Nc1nc(C)cs1)=C1SCS1. The fraction of sp³-hybridized carbons (Fsp3) is 0.364. The molecule has 0 aromatic carbocycles. The minimum Gasteiger partial charge on any atom is -0.462 e. The van der Waals surface area contributed by atoms with Crippen LogP contribution in [0.3, 0.4) is 0 Å². The number of thioether (sulfide) groups is 2. The smallest absolute Gasteiger partial charge is 0.345 e. The number of carbonyl (C=O) groups is 2. The fourth-order valence-electron chi connectivity index (χ4n) is 1.31. The lowest BCUT2D eigenvalue weighted by Gasteiger charge is -2.18. The highest BCUT2D eigenvalue weighted by molar-refractivity contribution is 8.37. The van der Waals surface area contributed by atoms with Crippen molar-refractivity contribution < 1.29 is 14.3 Å². The number of aryl methyl sites for hydroxylation is 1. The number of hydrogen-bond acceptors (Lipinski definition) is 7. The summed E-state index contributed by atoms with van der Waals surface area (Å²) in [6, 6.07) is 0. The highest BCUT2D eigenvalue weighted by atomic mass is 32.3. The number of thiazole rings is 1. The van der Waals surface area contributed by atoms with Crippen LogP contribution in [0.1, 0.15) is 12.6 Å². The quantitative estimate of drug-likeness (QED) is 0.398. The zero-order chi connectivity index (χ0) is 13.8. The molecule has 2 rings (SSSR count). The minimum atomic E-state index is -0.581. The van der Waals surface area contributed by atoms with Crippen molar-refractivity contribution in [2.24, 2.45) is 0 Å². The average molecular weight is 316 g/mol. The standard InChI is InChI=1S/C11H12N2O3S3/c1-3-16-9(15)7(10-18-5-19-10)8(14)13-11-12-6(2)4-17-11/h4H,3,5H2,1-2H3,(H,12,13,14). The first-order chi connectivity index (χ1) is 9.11. The normalized spacial score (nSPS) is 13.7. The summed E-state index contributed by atoms with van der Waals surface area (Å²) in [4.78, 5) is 28.1. The van der Waals surface area contributed by atoms with Crippen LogP contribution in [0.4, 0.5) is 5.13 Å². The molecule has 5 nitrogen and oxygen atoms in total. The highest BCUT2D eigenvalue weighted by Gasteiger charge is 2.29. The van der Waals surface area contributed by atoms with Crippen LogP contribution in [-0.2, 0) is 14.3 Å². The van der Waals surface area contributed by atoms with Crippen molar-refractivity contribution in [2.75, 3.05) is 17.0 Å². The molecule has 1 aromatic rings. The van der Waals surface area contributed by atoms with Crippen molar-refractivity contribution in [2.45, 2.75) is 13.8 Å². The molecule has 1 saturated heterocycles. The fourth-order valence-corrected chi connectivity index (χ4v) is 3.57. The van der Waals surface area contributed by atoms with Gasteiger partial charge in [0.2, 0.25) is 0 Å². The number of nitrogens with zero attached hydrogens (tertiary/aromatic N) is 1. The molecule has 0 aliphatic carbocycles. The lowest BCUT2D eigenvalue weighted by Crippen LogP contribution is -2.24. The molecule has 8 heteroatoms. The van der Waals surface area contributed by atoms with Crippen LogP contribution in [-0.4, -0.2) is 28.6 Å². The van der Waals surface area contributed by atoms with E-state index in [4.69, 9.17) is 4.74 Å². The van der Waals surface area contributed by atoms with Crippen molar-refractivity contribution in [1.29, 1.82) is 0 Å². The third kappa shape index (κ3) is 3.52. The first-order valence-electron chi connectivity index (χ1n) is 5.52. The Morgan fingerprint density at radius 1 is 1.47 bits per heavy atom. The molecule has 1 N–H and O–H groups in total. The Kier molecular flexibility index (Phi) is 4.89. The Balaban J connectivity index is 2.15. The molecule has 1 amide bonds. The number of anilines is 1. The molecule has 0 atom stereocenters. The number of carbonyl (C=O) groups excluding carboxylic acids is 2. The molecule has 0 saturated carbocycles. The van der Waals surface area contributed by atoms with Crippen molar-refractivity contribution in [3.63, 3.8) is 0 Å². The first-order valence-corrected chi connectivity index (χ1v) is 8.37. The van der Waals surface area contributed by atoms with Gasteiger partial charge in [0.15, 0.2) is 5.13 Å². The second-order valence-corrected chi connectivity index (χ2v) is 6.99. The molecule has 1 fully saturated rings. The van der Waals surface area contributed by atoms with Gasteiger partial charge in [0.05, 0.1) is 16.5 Å². The summed E-state index contributed by atoms with van der Waals surface area (Å²) in [6.45, 7) is 3.80. The van der Waals surface area contributed by atoms with E-state index in [1.807, 2.05) is 12.3 Å². The Morgan fingerprint density at radius 2 is 2.21 bits per heavy atom. The van der Waals surface area contributed by atoms with Crippen LogP contribution in [0, 0.1) is 6.92 Å². The Morgan fingerprint density at radius 3 is 2.68 bits per heavy atom. The van der Waals surface area contributed by atoms with E-state index in [1.165, 1.54) is 34.9 Å². The molecule has 0 radical (unpaired) electrons. The van der Waals surface area contributed by atoms with E-state index in [0.29, 0.717) is 9.37 Å². The molecule has 19 heavy (non-hydrogen) atoms. The Hall–Kier alpha value is -0.990. The van der Waals surface area contributed by atoms with Crippen LogP contribution in [0.15, 0.2) is 15.2 Å². The predicted molar refractivity (Wildman–Crippen MR) is 79.2 cm³/mol. The van der Waals surface area contributed by atoms with Gasteiger partial charge in [-0.2, -0.15) is 0 Å². The van der Waals surface area contributed by atoms with E-state index in [1.54, 1.807) is 6.92 Å². The van der Waals surface area contributed by atoms with Crippen molar-refractivity contribution >= 4 is 51.9 Å². The van der Waals surface area contributed by atoms with Crippen LogP contribution >= 0.6 is 34.9 Å². The molecular weight excluding hydrogens is 304 g/mol. The zero-order valence-corrected chi connectivity index (χ0v) is 12.8. The summed E-state index contributed by atoms with van der Waals surface area (Å²) in [5.41, 5.74) is 0.911. The summed E-state index contributed by atoms with van der Waals surface area (Å²) < 4.78 is 5.64. The summed E-state index contributed by atoms with van der Waals surface area (Å²) >= 11 is 4.28. The molecule has 0 spiro atoms. The van der Waals surface area contributed by atoms with Gasteiger partial charge in [-0.1, -0.05) is 0 Å². The molecule has 2 heterocycles. The summed E-state index contributed by atoms with van der Waals surface area (Å²) in [6.07, 6.45) is 0. The van der Waals surface area contributed by atoms with E-state index in [9.17, 15) is 9.59 Å². The summed E-state index contributed by atoms with van der Waals surface area (Å²) in [5, 5.41) is 5.80. The molecule has 1 aliphatic heterocycles. The van der Waals surface area contributed by atoms with Crippen molar-refractivity contribution in [3.05, 3.63) is 20.9 Å². The maximum absolute atomic E-state index is 12.1. The van der Waals surface area contributed by atoms with E-state index in [2.05, 4.69) is 10.3 Å². The summed E-state index contributed by atoms with van der Waals surface area (Å²) in [7, 11) is 0. The van der Waals surface area contributed by atoms with Gasteiger partial charge in [0, 0.05) is 10.5 Å². The van der Waals surface area contributed by atoms with Crippen LogP contribution in [0.25, 0.3) is 0 Å². The molecule has 0 bridgehead atoms. The van der Waals surface area contributed by atoms with Crippen LogP contribution in [0.5, 0.6) is 0 Å². The molecule has 0 unspecified atom stereocenters. The van der Waals surface area contributed by atoms with Gasteiger partial charge in [-0.3, -0.25) is 10.1 Å². The third-order valence-electron chi connectivity index (χ3n) is 2.13. The highest BCUT2D eigenvalue weighted by Crippen LogP contribution is 2.45. The first kappa shape index (κ1) is 14.4. The number of amides is 1. The molecule has 1 aromatic heterocycles. The van der Waals surface area contributed by atoms with Gasteiger partial charge in [-0.05, 0) is 13.8 Å². The number of esters is 1.